The molecule has 0 spiro atoms. The first-order valence-electron chi connectivity index (χ1n) is 22.8. The lowest BCUT2D eigenvalue weighted by molar-refractivity contribution is -0.118. The van der Waals surface area contributed by atoms with Crippen molar-refractivity contribution in [1.29, 1.82) is 5.26 Å². The minimum atomic E-state index is -1.73. The molecule has 1 saturated heterocycles. The second-order valence-corrected chi connectivity index (χ2v) is 26.6. The number of nitriles is 1. The predicted octanol–water partition coefficient (Wildman–Crippen LogP) is 10.1. The molecule has 15 nitrogen and oxygen atoms in total. The molecule has 0 saturated carbocycles. The summed E-state index contributed by atoms with van der Waals surface area (Å²) in [6.07, 6.45) is -1.58. The Labute approximate surface area is 401 Å². The molecule has 2 N–H and O–H groups in total. The molecule has 0 bridgehead atoms. The summed E-state index contributed by atoms with van der Waals surface area (Å²) in [4.78, 5) is 39.1. The molecular weight excluding hydrogens is 906 g/mol. The number of benzene rings is 3. The molecule has 0 aliphatic carbocycles. The van der Waals surface area contributed by atoms with Gasteiger partial charge in [-0.05, 0) is 80.4 Å². The average molecular weight is 972 g/mol. The number of aromatic amines is 1. The van der Waals surface area contributed by atoms with Crippen LogP contribution >= 0.6 is 20.3 Å². The minimum absolute atomic E-state index is 0.0206. The van der Waals surface area contributed by atoms with Gasteiger partial charge in [-0.2, -0.15) is 10.2 Å². The van der Waals surface area contributed by atoms with Gasteiger partial charge in [-0.1, -0.05) is 99.8 Å². The molecule has 1 unspecified atom stereocenters. The van der Waals surface area contributed by atoms with Gasteiger partial charge in [0.1, 0.15) is 29.4 Å². The van der Waals surface area contributed by atoms with Crippen molar-refractivity contribution in [2.45, 2.75) is 121 Å². The van der Waals surface area contributed by atoms with Gasteiger partial charge in [0.15, 0.2) is 16.3 Å². The van der Waals surface area contributed by atoms with E-state index in [1.54, 1.807) is 39.8 Å². The Bertz CT molecular complexity index is 2440. The number of nitrogens with one attached hydrogen (secondary N) is 2. The Morgan fingerprint density at radius 3 is 2.09 bits per heavy atom. The lowest BCUT2D eigenvalue weighted by atomic mass is 9.80. The van der Waals surface area contributed by atoms with Crippen molar-refractivity contribution < 1.29 is 32.8 Å². The van der Waals surface area contributed by atoms with Crippen LogP contribution in [0.25, 0.3) is 11.2 Å². The van der Waals surface area contributed by atoms with Crippen molar-refractivity contribution in [1.82, 2.24) is 24.2 Å². The molecule has 1 fully saturated rings. The van der Waals surface area contributed by atoms with Crippen LogP contribution in [0.4, 0.5) is 5.95 Å². The highest BCUT2D eigenvalue weighted by atomic mass is 32.2. The number of anilines is 1. The van der Waals surface area contributed by atoms with Gasteiger partial charge in [0.2, 0.25) is 11.9 Å². The molecule has 18 heteroatoms. The third kappa shape index (κ3) is 12.5. The third-order valence-corrected chi connectivity index (χ3v) is 16.6. The zero-order valence-corrected chi connectivity index (χ0v) is 43.3. The number of hydrogen-bond donors (Lipinski definition) is 2. The van der Waals surface area contributed by atoms with E-state index in [1.807, 2.05) is 83.4 Å². The second-order valence-electron chi connectivity index (χ2n) is 18.5. The van der Waals surface area contributed by atoms with Gasteiger partial charge in [0.05, 0.1) is 46.0 Å². The zero-order chi connectivity index (χ0) is 48.5. The van der Waals surface area contributed by atoms with E-state index in [1.165, 1.54) is 0 Å². The van der Waals surface area contributed by atoms with Crippen molar-refractivity contribution >= 4 is 51.4 Å². The minimum Gasteiger partial charge on any atom is -0.497 e. The first kappa shape index (κ1) is 51.8. The van der Waals surface area contributed by atoms with Gasteiger partial charge in [0, 0.05) is 32.5 Å². The maximum Gasteiger partial charge on any atom is 0.280 e. The van der Waals surface area contributed by atoms with Gasteiger partial charge in [-0.3, -0.25) is 24.5 Å². The maximum atomic E-state index is 13.8. The molecule has 1 aliphatic rings. The fourth-order valence-electron chi connectivity index (χ4n) is 7.90. The fraction of sp³-hybridized carbons (Fsp3) is 0.490. The Morgan fingerprint density at radius 1 is 0.955 bits per heavy atom. The maximum absolute atomic E-state index is 13.8. The van der Waals surface area contributed by atoms with Crippen LogP contribution in [0.15, 0.2) is 88.8 Å². The summed E-state index contributed by atoms with van der Waals surface area (Å²) in [5.41, 5.74) is 1.35. The molecule has 5 aromatic rings. The summed E-state index contributed by atoms with van der Waals surface area (Å²) in [7, 11) is 0.0881. The Kier molecular flexibility index (Phi) is 17.9. The molecule has 1 aliphatic heterocycles. The van der Waals surface area contributed by atoms with Gasteiger partial charge in [-0.15, -0.1) is 0 Å². The summed E-state index contributed by atoms with van der Waals surface area (Å²) in [5.74, 6) is 1.55. The van der Waals surface area contributed by atoms with Crippen LogP contribution in [0.3, 0.4) is 0 Å². The largest absolute Gasteiger partial charge is 0.497 e. The molecule has 360 valence electrons. The molecule has 6 rings (SSSR count). The number of H-pyrrole nitrogens is 1. The highest BCUT2D eigenvalue weighted by molar-refractivity contribution is 7.99. The monoisotopic (exact) mass is 971 g/mol. The predicted molar refractivity (Wildman–Crippen MR) is 267 cm³/mol. The number of ether oxygens (including phenoxy) is 4. The van der Waals surface area contributed by atoms with Gasteiger partial charge in [0.25, 0.3) is 14.1 Å². The molecule has 2 aromatic heterocycles. The van der Waals surface area contributed by atoms with Crippen LogP contribution in [0.5, 0.6) is 11.5 Å². The van der Waals surface area contributed by atoms with Crippen LogP contribution in [-0.2, 0) is 28.9 Å². The number of carbonyl (C=O) groups excluding carboxylic acids is 1. The van der Waals surface area contributed by atoms with Gasteiger partial charge < -0.3 is 28.0 Å². The summed E-state index contributed by atoms with van der Waals surface area (Å²) >= 11 is 1.55. The highest BCUT2D eigenvalue weighted by Crippen LogP contribution is 2.51. The first-order valence-corrected chi connectivity index (χ1v) is 28.7. The van der Waals surface area contributed by atoms with Gasteiger partial charge in [-0.25, -0.2) is 9.65 Å². The van der Waals surface area contributed by atoms with Crippen molar-refractivity contribution in [3.05, 3.63) is 106 Å². The molecule has 0 radical (unpaired) electrons. The van der Waals surface area contributed by atoms with E-state index < -0.39 is 46.2 Å². The van der Waals surface area contributed by atoms with E-state index in [-0.39, 0.29) is 60.7 Å². The molecule has 67 heavy (non-hydrogen) atoms. The lowest BCUT2D eigenvalue weighted by Crippen LogP contribution is -2.39. The molecular formula is C49H66N7O8PSSi. The number of amides is 1. The summed E-state index contributed by atoms with van der Waals surface area (Å²) in [5, 5.41) is 12.9. The highest BCUT2D eigenvalue weighted by Gasteiger charge is 2.46. The Balaban J connectivity index is 1.51. The molecule has 3 aromatic carbocycles. The molecule has 3 heterocycles. The fourth-order valence-corrected chi connectivity index (χ4v) is 13.2. The van der Waals surface area contributed by atoms with E-state index >= 15 is 0 Å². The Morgan fingerprint density at radius 2 is 1.55 bits per heavy atom. The van der Waals surface area contributed by atoms with E-state index in [0.29, 0.717) is 23.1 Å². The van der Waals surface area contributed by atoms with E-state index in [2.05, 4.69) is 68.4 Å². The number of nitrogens with zero attached hydrogens (tertiary/aromatic N) is 5. The number of aromatic nitrogens is 4. The van der Waals surface area contributed by atoms with Gasteiger partial charge >= 0.3 is 0 Å². The number of imidazole rings is 1. The number of methoxy groups -OCH3 is 2. The molecule has 4 atom stereocenters. The smallest absolute Gasteiger partial charge is 0.280 e. The van der Waals surface area contributed by atoms with Crippen LogP contribution in [0.2, 0.25) is 25.7 Å². The van der Waals surface area contributed by atoms with Crippen LogP contribution in [0, 0.1) is 17.2 Å². The summed E-state index contributed by atoms with van der Waals surface area (Å²) < 4.78 is 43.5. The topological polar surface area (TPSA) is 175 Å². The number of fused-ring (bicyclic) bond motifs is 1. The van der Waals surface area contributed by atoms with Crippen LogP contribution < -0.4 is 20.3 Å². The summed E-state index contributed by atoms with van der Waals surface area (Å²) in [6, 6.07) is 29.1. The second kappa shape index (κ2) is 23.1. The van der Waals surface area contributed by atoms with E-state index in [4.69, 9.17) is 38.0 Å². The standard InChI is InChI=1S/C49H66N7O8PSSi/c1-32(2)45(57)53-47-52-44-43(46(58)54-47)51-48(66-28-29-67(9,10)11)55(44)42-30-40(64-65(62-27-15-26-50)56(33(3)4)34(5)6)41(63-42)31-61-49(35-16-13-12-14-17-35,36-18-22-38(59-7)23-19-36)37-20-24-39(60-8)25-21-37/h12-14,16-25,32-34,40-42H,15,27-31H2,1-11H3,(H2,52,53,54,57,58)/t40-,41+,42+,65?/m0/s1. The molecule has 1 amide bonds. The number of thioether (sulfide) groups is 1. The zero-order valence-electron chi connectivity index (χ0n) is 40.6. The Hall–Kier alpha value is -4.63. The lowest BCUT2D eigenvalue weighted by Gasteiger charge is -2.39. The van der Waals surface area contributed by atoms with Crippen molar-refractivity contribution in [3.63, 3.8) is 0 Å². The van der Waals surface area contributed by atoms with E-state index in [9.17, 15) is 14.9 Å². The number of hydrogen-bond acceptors (Lipinski definition) is 13. The number of carbonyl (C=O) groups is 1. The summed E-state index contributed by atoms with van der Waals surface area (Å²) in [6.45, 7) is 19.1. The average Bonchev–Trinajstić information content (AvgIpc) is 3.87. The SMILES string of the molecule is COc1ccc(C(OC[C@H]2O[C@@H](n3c(SCC[Si](C)(C)C)nc4c(=O)[nH]c(NC(=O)C(C)C)nc43)C[C@@H]2OP(OCCC#N)N(C(C)C)C(C)C)(c2ccccc2)c2ccc(OC)cc2)cc1. The van der Waals surface area contributed by atoms with Crippen molar-refractivity contribution in [2.75, 3.05) is 38.5 Å². The third-order valence-electron chi connectivity index (χ3n) is 11.4. The van der Waals surface area contributed by atoms with E-state index in [0.717, 1.165) is 28.5 Å². The van der Waals surface area contributed by atoms with Crippen molar-refractivity contribution in [2.24, 2.45) is 5.92 Å². The van der Waals surface area contributed by atoms with Crippen molar-refractivity contribution in [3.8, 4) is 17.6 Å². The van der Waals surface area contributed by atoms with Crippen LogP contribution in [0.1, 0.15) is 77.3 Å². The van der Waals surface area contributed by atoms with Crippen LogP contribution in [-0.4, -0.2) is 95.6 Å². The normalized spacial score (nSPS) is 17.1. The first-order chi connectivity index (χ1) is 32.0. The number of rotatable bonds is 23. The quantitative estimate of drug-likeness (QED) is 0.0208.